The van der Waals surface area contributed by atoms with E-state index < -0.39 is 0 Å². The third-order valence-corrected chi connectivity index (χ3v) is 7.14. The highest BCUT2D eigenvalue weighted by Crippen LogP contribution is 2.34. The first kappa shape index (κ1) is 22.7. The summed E-state index contributed by atoms with van der Waals surface area (Å²) in [5.74, 6) is 0.762. The van der Waals surface area contributed by atoms with Crippen LogP contribution in [0.3, 0.4) is 0 Å². The molecule has 1 saturated heterocycles. The Kier molecular flexibility index (Phi) is 7.11. The fourth-order valence-corrected chi connectivity index (χ4v) is 5.04. The van der Waals surface area contributed by atoms with Crippen molar-refractivity contribution in [2.75, 3.05) is 20.1 Å². The molecule has 2 fully saturated rings. The highest BCUT2D eigenvalue weighted by molar-refractivity contribution is 7.13. The zero-order chi connectivity index (χ0) is 22.7. The van der Waals surface area contributed by atoms with Crippen LogP contribution in [0.15, 0.2) is 40.7 Å². The molecule has 0 spiro atoms. The van der Waals surface area contributed by atoms with Crippen molar-refractivity contribution in [2.45, 2.75) is 58.2 Å². The van der Waals surface area contributed by atoms with Gasteiger partial charge in [0, 0.05) is 36.7 Å². The van der Waals surface area contributed by atoms with Crippen LogP contribution in [0.1, 0.15) is 60.5 Å². The normalized spacial score (nSPS) is 18.2. The Morgan fingerprint density at radius 1 is 1.22 bits per heavy atom. The number of ether oxygens (including phenoxy) is 1. The van der Waals surface area contributed by atoms with Gasteiger partial charge in [-0.3, -0.25) is 9.79 Å². The molecule has 1 aliphatic carbocycles. The van der Waals surface area contributed by atoms with E-state index in [-0.39, 0.29) is 12.0 Å². The van der Waals surface area contributed by atoms with Crippen molar-refractivity contribution in [2.24, 2.45) is 4.99 Å². The zero-order valence-electron chi connectivity index (χ0n) is 19.1. The number of likely N-dealkylation sites (tertiary alicyclic amines) is 1. The number of carbonyl (C=O) groups excluding carboxylic acids is 1. The molecule has 0 unspecified atom stereocenters. The van der Waals surface area contributed by atoms with Crippen LogP contribution < -0.4 is 0 Å². The van der Waals surface area contributed by atoms with E-state index in [1.165, 1.54) is 16.0 Å². The monoisotopic (exact) mass is 452 g/mol. The summed E-state index contributed by atoms with van der Waals surface area (Å²) in [6.45, 7) is 5.45. The molecular formula is C26H32N2O3S. The fraction of sp³-hybridized carbons (Fsp3) is 0.462. The first-order valence-electron chi connectivity index (χ1n) is 11.5. The fourth-order valence-electron chi connectivity index (χ4n) is 4.02. The summed E-state index contributed by atoms with van der Waals surface area (Å²) in [6.07, 6.45) is 6.57. The number of aliphatic imine (C=N–C) groups is 1. The van der Waals surface area contributed by atoms with E-state index in [2.05, 4.69) is 42.4 Å². The van der Waals surface area contributed by atoms with Crippen LogP contribution >= 0.6 is 11.3 Å². The van der Waals surface area contributed by atoms with E-state index in [1.54, 1.807) is 18.4 Å². The van der Waals surface area contributed by atoms with Gasteiger partial charge in [0.1, 0.15) is 6.10 Å². The summed E-state index contributed by atoms with van der Waals surface area (Å²) < 4.78 is 5.89. The van der Waals surface area contributed by atoms with E-state index in [0.29, 0.717) is 37.9 Å². The molecule has 2 aliphatic rings. The van der Waals surface area contributed by atoms with Crippen LogP contribution in [0.4, 0.5) is 0 Å². The van der Waals surface area contributed by atoms with E-state index in [1.807, 2.05) is 17.0 Å². The van der Waals surface area contributed by atoms with E-state index in [4.69, 9.17) is 4.74 Å². The number of aliphatic hydroxyl groups excluding tert-OH is 1. The number of thiophene rings is 1. The molecule has 32 heavy (non-hydrogen) atoms. The summed E-state index contributed by atoms with van der Waals surface area (Å²) in [7, 11) is 1.78. The SMILES string of the molecule is CC/C(=C\C(=NC)OC1CC1)c1csc(-c2ccc(C(=O)N3CCC(O)CC3)cc2C)c1. The van der Waals surface area contributed by atoms with E-state index in [9.17, 15) is 9.90 Å². The van der Waals surface area contributed by atoms with Crippen LogP contribution in [0.5, 0.6) is 0 Å². The van der Waals surface area contributed by atoms with Gasteiger partial charge in [0.05, 0.1) is 6.10 Å². The number of piperidine rings is 1. The van der Waals surface area contributed by atoms with Gasteiger partial charge in [-0.05, 0) is 84.9 Å². The third-order valence-electron chi connectivity index (χ3n) is 6.17. The molecule has 1 amide bonds. The van der Waals surface area contributed by atoms with Gasteiger partial charge in [0.25, 0.3) is 5.91 Å². The highest BCUT2D eigenvalue weighted by atomic mass is 32.1. The Morgan fingerprint density at radius 3 is 2.59 bits per heavy atom. The lowest BCUT2D eigenvalue weighted by Crippen LogP contribution is -2.40. The van der Waals surface area contributed by atoms with Gasteiger partial charge in [0.15, 0.2) is 0 Å². The number of rotatable bonds is 6. The molecule has 1 aliphatic heterocycles. The summed E-state index contributed by atoms with van der Waals surface area (Å²) in [4.78, 5) is 20.2. The van der Waals surface area contributed by atoms with Crippen molar-refractivity contribution in [1.29, 1.82) is 0 Å². The second-order valence-corrected chi connectivity index (χ2v) is 9.57. The molecule has 0 bridgehead atoms. The van der Waals surface area contributed by atoms with E-state index in [0.717, 1.165) is 36.0 Å². The smallest absolute Gasteiger partial charge is 0.253 e. The van der Waals surface area contributed by atoms with Crippen LogP contribution in [-0.2, 0) is 4.74 Å². The van der Waals surface area contributed by atoms with Gasteiger partial charge in [0.2, 0.25) is 5.90 Å². The lowest BCUT2D eigenvalue weighted by Gasteiger charge is -2.29. The van der Waals surface area contributed by atoms with Crippen molar-refractivity contribution in [3.05, 3.63) is 52.4 Å². The summed E-state index contributed by atoms with van der Waals surface area (Å²) in [6, 6.07) is 8.20. The van der Waals surface area contributed by atoms with Crippen molar-refractivity contribution >= 4 is 28.7 Å². The van der Waals surface area contributed by atoms with Gasteiger partial charge in [-0.1, -0.05) is 13.0 Å². The predicted octanol–water partition coefficient (Wildman–Crippen LogP) is 5.32. The van der Waals surface area contributed by atoms with Crippen LogP contribution in [0.25, 0.3) is 16.0 Å². The number of nitrogens with zero attached hydrogens (tertiary/aromatic N) is 2. The standard InChI is InChI=1S/C26H32N2O3S/c1-4-18(15-25(27-3)31-22-6-7-22)20-14-24(32-16-20)23-8-5-19(13-17(23)2)26(30)28-11-9-21(29)10-12-28/h5,8,13-16,21-22,29H,4,6-7,9-12H2,1-3H3/b18-15+,27-25?. The molecule has 1 aromatic carbocycles. The molecular weight excluding hydrogens is 420 g/mol. The second-order valence-electron chi connectivity index (χ2n) is 8.65. The van der Waals surface area contributed by atoms with Crippen molar-refractivity contribution in [3.8, 4) is 10.4 Å². The Bertz CT molecular complexity index is 1030. The van der Waals surface area contributed by atoms with Gasteiger partial charge < -0.3 is 14.7 Å². The lowest BCUT2D eigenvalue weighted by molar-refractivity contribution is 0.0546. The Balaban J connectivity index is 1.51. The van der Waals surface area contributed by atoms with E-state index >= 15 is 0 Å². The van der Waals surface area contributed by atoms with Gasteiger partial charge in [-0.25, -0.2) is 0 Å². The zero-order valence-corrected chi connectivity index (χ0v) is 20.0. The van der Waals surface area contributed by atoms with Crippen LogP contribution in [0.2, 0.25) is 0 Å². The van der Waals surface area contributed by atoms with Crippen LogP contribution in [-0.4, -0.2) is 54.2 Å². The Hall–Kier alpha value is -2.44. The molecule has 1 aromatic heterocycles. The lowest BCUT2D eigenvalue weighted by atomic mass is 10.00. The van der Waals surface area contributed by atoms with Crippen LogP contribution in [0, 0.1) is 6.92 Å². The third kappa shape index (κ3) is 5.30. The Morgan fingerprint density at radius 2 is 1.97 bits per heavy atom. The predicted molar refractivity (Wildman–Crippen MR) is 131 cm³/mol. The molecule has 2 aromatic rings. The maximum absolute atomic E-state index is 12.9. The minimum atomic E-state index is -0.279. The summed E-state index contributed by atoms with van der Waals surface area (Å²) in [5.41, 5.74) is 5.37. The van der Waals surface area contributed by atoms with Crippen molar-refractivity contribution in [3.63, 3.8) is 0 Å². The molecule has 1 saturated carbocycles. The van der Waals surface area contributed by atoms with Crippen molar-refractivity contribution in [1.82, 2.24) is 4.90 Å². The maximum Gasteiger partial charge on any atom is 0.253 e. The number of aliphatic hydroxyl groups is 1. The number of aryl methyl sites for hydroxylation is 1. The minimum Gasteiger partial charge on any atom is -0.475 e. The van der Waals surface area contributed by atoms with Gasteiger partial charge in [-0.15, -0.1) is 11.3 Å². The number of carbonyl (C=O) groups is 1. The molecule has 4 rings (SSSR count). The topological polar surface area (TPSA) is 62.1 Å². The second kappa shape index (κ2) is 10.0. The number of amides is 1. The number of allylic oxidation sites excluding steroid dienone is 1. The average Bonchev–Trinajstić information content (AvgIpc) is 3.49. The molecule has 1 N–H and O–H groups in total. The molecule has 170 valence electrons. The van der Waals surface area contributed by atoms with Gasteiger partial charge >= 0.3 is 0 Å². The molecule has 2 heterocycles. The molecule has 0 atom stereocenters. The number of hydrogen-bond acceptors (Lipinski definition) is 5. The van der Waals surface area contributed by atoms with Crippen molar-refractivity contribution < 1.29 is 14.6 Å². The summed E-state index contributed by atoms with van der Waals surface area (Å²) in [5, 5.41) is 11.9. The minimum absolute atomic E-state index is 0.0525. The first-order valence-corrected chi connectivity index (χ1v) is 12.4. The summed E-state index contributed by atoms with van der Waals surface area (Å²) >= 11 is 1.72. The molecule has 5 nitrogen and oxygen atoms in total. The van der Waals surface area contributed by atoms with Gasteiger partial charge in [-0.2, -0.15) is 0 Å². The first-order chi connectivity index (χ1) is 15.5. The maximum atomic E-state index is 12.9. The largest absolute Gasteiger partial charge is 0.475 e. The number of benzene rings is 1. The quantitative estimate of drug-likeness (QED) is 0.477. The average molecular weight is 453 g/mol. The molecule has 6 heteroatoms. The Labute approximate surface area is 194 Å². The number of hydrogen-bond donors (Lipinski definition) is 1. The highest BCUT2D eigenvalue weighted by Gasteiger charge is 2.25. The molecule has 0 radical (unpaired) electrons.